The molecule has 0 unspecified atom stereocenters. The quantitative estimate of drug-likeness (QED) is 0.798. The van der Waals surface area contributed by atoms with E-state index >= 15 is 0 Å². The fraction of sp³-hybridized carbons (Fsp3) is 0.381. The molecular weight excluding hydrogens is 369 g/mol. The lowest BCUT2D eigenvalue weighted by molar-refractivity contribution is -0.274. The minimum atomic E-state index is -4.79. The van der Waals surface area contributed by atoms with Crippen LogP contribution >= 0.6 is 0 Å². The molecule has 0 saturated carbocycles. The lowest BCUT2D eigenvalue weighted by Gasteiger charge is -2.21. The van der Waals surface area contributed by atoms with Crippen LogP contribution in [0.15, 0.2) is 59.3 Å². The van der Waals surface area contributed by atoms with E-state index in [9.17, 15) is 18.0 Å². The number of nitrogens with zero attached hydrogens (tertiary/aromatic N) is 1. The van der Waals surface area contributed by atoms with Crippen molar-refractivity contribution in [2.45, 2.75) is 32.5 Å². The van der Waals surface area contributed by atoms with Crippen molar-refractivity contribution in [3.05, 3.63) is 64.9 Å². The first-order chi connectivity index (χ1) is 13.3. The topological polar surface area (TPSA) is 41.6 Å². The molecule has 28 heavy (non-hydrogen) atoms. The lowest BCUT2D eigenvalue weighted by atomic mass is 10.1. The summed E-state index contributed by atoms with van der Waals surface area (Å²) in [7, 11) is 0. The number of allylic oxidation sites excluding steroid dienone is 3. The fourth-order valence-electron chi connectivity index (χ4n) is 3.41. The van der Waals surface area contributed by atoms with E-state index in [2.05, 4.69) is 21.0 Å². The maximum Gasteiger partial charge on any atom is 0.573 e. The van der Waals surface area contributed by atoms with Crippen LogP contribution in [0, 0.1) is 0 Å². The van der Waals surface area contributed by atoms with E-state index < -0.39 is 18.0 Å². The number of benzene rings is 1. The van der Waals surface area contributed by atoms with Crippen molar-refractivity contribution in [1.82, 2.24) is 10.2 Å². The zero-order valence-corrected chi connectivity index (χ0v) is 15.7. The molecule has 0 atom stereocenters. The van der Waals surface area contributed by atoms with Crippen molar-refractivity contribution >= 4 is 5.91 Å². The van der Waals surface area contributed by atoms with Crippen molar-refractivity contribution in [2.75, 3.05) is 19.6 Å². The highest BCUT2D eigenvalue weighted by atomic mass is 19.4. The molecule has 1 aromatic rings. The zero-order chi connectivity index (χ0) is 20.1. The van der Waals surface area contributed by atoms with Crippen molar-refractivity contribution < 1.29 is 22.7 Å². The summed E-state index contributed by atoms with van der Waals surface area (Å²) in [5, 5.41) is 2.78. The molecule has 0 aromatic heterocycles. The molecule has 1 aliphatic carbocycles. The molecule has 0 bridgehead atoms. The number of amides is 1. The fourth-order valence-corrected chi connectivity index (χ4v) is 3.41. The van der Waals surface area contributed by atoms with Crippen LogP contribution in [0.2, 0.25) is 0 Å². The summed E-state index contributed by atoms with van der Waals surface area (Å²) in [5.41, 5.74) is 3.57. The summed E-state index contributed by atoms with van der Waals surface area (Å²) >= 11 is 0. The Morgan fingerprint density at radius 3 is 2.71 bits per heavy atom. The third-order valence-corrected chi connectivity index (χ3v) is 4.86. The van der Waals surface area contributed by atoms with E-state index in [0.717, 1.165) is 37.2 Å². The minimum Gasteiger partial charge on any atom is -0.406 e. The van der Waals surface area contributed by atoms with Crippen molar-refractivity contribution in [3.63, 3.8) is 0 Å². The maximum absolute atomic E-state index is 12.4. The molecule has 150 valence electrons. The molecule has 1 heterocycles. The smallest absolute Gasteiger partial charge is 0.406 e. The van der Waals surface area contributed by atoms with Gasteiger partial charge in [0.15, 0.2) is 0 Å². The van der Waals surface area contributed by atoms with Crippen LogP contribution in [0.3, 0.4) is 0 Å². The molecule has 2 aliphatic rings. The van der Waals surface area contributed by atoms with Gasteiger partial charge in [0, 0.05) is 37.3 Å². The van der Waals surface area contributed by atoms with Gasteiger partial charge < -0.3 is 15.0 Å². The van der Waals surface area contributed by atoms with Gasteiger partial charge in [-0.2, -0.15) is 0 Å². The Morgan fingerprint density at radius 2 is 2.00 bits per heavy atom. The van der Waals surface area contributed by atoms with E-state index in [1.807, 2.05) is 19.1 Å². The van der Waals surface area contributed by atoms with Gasteiger partial charge in [0.25, 0.3) is 5.91 Å². The normalized spacial score (nSPS) is 17.4. The Kier molecular flexibility index (Phi) is 6.11. The van der Waals surface area contributed by atoms with E-state index in [-0.39, 0.29) is 5.56 Å². The summed E-state index contributed by atoms with van der Waals surface area (Å²) in [6, 6.07) is 5.06. The number of carbonyl (C=O) groups is 1. The van der Waals surface area contributed by atoms with E-state index in [1.54, 1.807) is 0 Å². The lowest BCUT2D eigenvalue weighted by Crippen LogP contribution is -2.26. The zero-order valence-electron chi connectivity index (χ0n) is 15.7. The maximum atomic E-state index is 12.4. The number of rotatable bonds is 5. The second-order valence-electron chi connectivity index (χ2n) is 6.95. The Labute approximate surface area is 162 Å². The van der Waals surface area contributed by atoms with Crippen LogP contribution in [0.5, 0.6) is 5.75 Å². The first kappa shape index (κ1) is 20.0. The second kappa shape index (κ2) is 8.54. The van der Waals surface area contributed by atoms with Gasteiger partial charge in [-0.25, -0.2) is 0 Å². The number of nitrogens with one attached hydrogen (secondary N) is 1. The van der Waals surface area contributed by atoms with Crippen LogP contribution in [0.4, 0.5) is 13.2 Å². The van der Waals surface area contributed by atoms with Crippen LogP contribution in [-0.2, 0) is 0 Å². The van der Waals surface area contributed by atoms with E-state index in [0.29, 0.717) is 6.54 Å². The Bertz CT molecular complexity index is 819. The minimum absolute atomic E-state index is 0.119. The SMILES string of the molecule is CC1=C(CNC(=O)c2cccc(OC(F)(F)F)c2)C=CC=C(N2CCCC2)C1. The number of carbonyl (C=O) groups excluding carboxylic acids is 1. The van der Waals surface area contributed by atoms with Gasteiger partial charge in [-0.15, -0.1) is 13.2 Å². The van der Waals surface area contributed by atoms with Gasteiger partial charge in [-0.05, 0) is 49.6 Å². The van der Waals surface area contributed by atoms with Crippen LogP contribution in [0.1, 0.15) is 36.5 Å². The molecule has 7 heteroatoms. The second-order valence-corrected chi connectivity index (χ2v) is 6.95. The van der Waals surface area contributed by atoms with Crippen molar-refractivity contribution in [1.29, 1.82) is 0 Å². The number of likely N-dealkylation sites (tertiary alicyclic amines) is 1. The third kappa shape index (κ3) is 5.41. The summed E-state index contributed by atoms with van der Waals surface area (Å²) in [6.45, 7) is 4.51. The average Bonchev–Trinajstić information content (AvgIpc) is 3.10. The molecule has 1 aliphatic heterocycles. The number of ether oxygens (including phenoxy) is 1. The Morgan fingerprint density at radius 1 is 1.25 bits per heavy atom. The van der Waals surface area contributed by atoms with Crippen LogP contribution in [-0.4, -0.2) is 36.8 Å². The van der Waals surface area contributed by atoms with Crippen molar-refractivity contribution in [3.8, 4) is 5.75 Å². The molecule has 1 N–H and O–H groups in total. The number of alkyl halides is 3. The Balaban J connectivity index is 1.61. The summed E-state index contributed by atoms with van der Waals surface area (Å²) < 4.78 is 40.9. The van der Waals surface area contributed by atoms with Gasteiger partial charge in [-0.1, -0.05) is 23.8 Å². The predicted molar refractivity (Wildman–Crippen MR) is 101 cm³/mol. The number of hydrogen-bond acceptors (Lipinski definition) is 3. The number of hydrogen-bond donors (Lipinski definition) is 1. The average molecular weight is 392 g/mol. The molecule has 1 saturated heterocycles. The van der Waals surface area contributed by atoms with Gasteiger partial charge in [0.1, 0.15) is 5.75 Å². The molecular formula is C21H23F3N2O2. The highest BCUT2D eigenvalue weighted by Crippen LogP contribution is 2.26. The van der Waals surface area contributed by atoms with E-state index in [4.69, 9.17) is 0 Å². The monoisotopic (exact) mass is 392 g/mol. The van der Waals surface area contributed by atoms with Crippen molar-refractivity contribution in [2.24, 2.45) is 0 Å². The highest BCUT2D eigenvalue weighted by Gasteiger charge is 2.31. The third-order valence-electron chi connectivity index (χ3n) is 4.86. The molecule has 1 aromatic carbocycles. The van der Waals surface area contributed by atoms with Gasteiger partial charge in [-0.3, -0.25) is 4.79 Å². The largest absolute Gasteiger partial charge is 0.573 e. The molecule has 0 spiro atoms. The number of halogens is 3. The summed E-state index contributed by atoms with van der Waals surface area (Å²) in [4.78, 5) is 14.7. The first-order valence-corrected chi connectivity index (χ1v) is 9.26. The van der Waals surface area contributed by atoms with E-state index in [1.165, 1.54) is 36.2 Å². The van der Waals surface area contributed by atoms with Gasteiger partial charge in [0.2, 0.25) is 0 Å². The standard InChI is InChI=1S/C21H23F3N2O2/c1-15-12-18(26-10-2-3-11-26)8-4-7-17(15)14-25-20(27)16-6-5-9-19(13-16)28-21(22,23)24/h4-9,13H,2-3,10-12,14H2,1H3,(H,25,27). The predicted octanol–water partition coefficient (Wildman–Crippen LogP) is 4.57. The van der Waals surface area contributed by atoms with Gasteiger partial charge in [0.05, 0.1) is 0 Å². The molecule has 1 amide bonds. The highest BCUT2D eigenvalue weighted by molar-refractivity contribution is 5.94. The molecule has 0 radical (unpaired) electrons. The summed E-state index contributed by atoms with van der Waals surface area (Å²) in [5.74, 6) is -0.859. The molecule has 1 fully saturated rings. The van der Waals surface area contributed by atoms with Crippen LogP contribution < -0.4 is 10.1 Å². The molecule has 4 nitrogen and oxygen atoms in total. The summed E-state index contributed by atoms with van der Waals surface area (Å²) in [6.07, 6.45) is 4.54. The first-order valence-electron chi connectivity index (χ1n) is 9.26. The Hall–Kier alpha value is -2.70. The molecule has 3 rings (SSSR count). The van der Waals surface area contributed by atoms with Gasteiger partial charge >= 0.3 is 6.36 Å². The van der Waals surface area contributed by atoms with Crippen LogP contribution in [0.25, 0.3) is 0 Å².